The van der Waals surface area contributed by atoms with Crippen LogP contribution in [0, 0.1) is 0 Å². The van der Waals surface area contributed by atoms with Crippen LogP contribution in [0.1, 0.15) is 12.0 Å². The average molecular weight is 464 g/mol. The Hall–Kier alpha value is -2.01. The van der Waals surface area contributed by atoms with E-state index in [0.29, 0.717) is 16.5 Å². The molecular weight excluding hydrogens is 441 g/mol. The number of hydrogen-bond acceptors (Lipinski definition) is 7. The molecule has 2 unspecified atom stereocenters. The van der Waals surface area contributed by atoms with Crippen molar-refractivity contribution in [1.82, 2.24) is 4.90 Å². The maximum Gasteiger partial charge on any atom is 0.335 e. The third-order valence-corrected chi connectivity index (χ3v) is 4.73. The Bertz CT molecular complexity index is 747. The van der Waals surface area contributed by atoms with Crippen molar-refractivity contribution in [2.24, 2.45) is 0 Å². The second-order valence-corrected chi connectivity index (χ2v) is 7.06. The molecule has 1 saturated heterocycles. The molecule has 1 aliphatic rings. The number of aliphatic hydroxyl groups is 2. The maximum atomic E-state index is 11.8. The van der Waals surface area contributed by atoms with Crippen molar-refractivity contribution in [2.45, 2.75) is 18.6 Å². The van der Waals surface area contributed by atoms with Crippen molar-refractivity contribution in [2.75, 3.05) is 32.8 Å². The molecule has 0 spiro atoms. The lowest BCUT2D eigenvalue weighted by molar-refractivity contribution is -0.165. The molecule has 0 bridgehead atoms. The molecule has 9 nitrogen and oxygen atoms in total. The zero-order valence-electron chi connectivity index (χ0n) is 15.9. The van der Waals surface area contributed by atoms with Gasteiger partial charge in [-0.1, -0.05) is 35.3 Å². The summed E-state index contributed by atoms with van der Waals surface area (Å²) in [6, 6.07) is 5.30. The zero-order chi connectivity index (χ0) is 22.7. The second kappa shape index (κ2) is 13.3. The Balaban J connectivity index is 0.000000382. The number of carboxylic acids is 2. The van der Waals surface area contributed by atoms with E-state index >= 15 is 0 Å². The van der Waals surface area contributed by atoms with Crippen molar-refractivity contribution in [3.05, 3.63) is 39.9 Å². The first-order valence-corrected chi connectivity index (χ1v) is 9.65. The average Bonchev–Trinajstić information content (AvgIpc) is 2.73. The predicted octanol–water partition coefficient (Wildman–Crippen LogP) is 1.18. The molecule has 4 N–H and O–H groups in total. The van der Waals surface area contributed by atoms with E-state index in [-0.39, 0.29) is 5.78 Å². The lowest BCUT2D eigenvalue weighted by Crippen LogP contribution is -2.39. The van der Waals surface area contributed by atoms with E-state index in [4.69, 9.17) is 48.4 Å². The van der Waals surface area contributed by atoms with Crippen LogP contribution in [0.3, 0.4) is 0 Å². The molecule has 11 heteroatoms. The summed E-state index contributed by atoms with van der Waals surface area (Å²) in [6.07, 6.45) is -0.642. The Morgan fingerprint density at radius 2 is 1.60 bits per heavy atom. The van der Waals surface area contributed by atoms with Gasteiger partial charge in [0.1, 0.15) is 0 Å². The van der Waals surface area contributed by atoms with Crippen molar-refractivity contribution in [3.63, 3.8) is 0 Å². The number of morpholine rings is 1. The fourth-order valence-electron chi connectivity index (χ4n) is 2.25. The van der Waals surface area contributed by atoms with Gasteiger partial charge >= 0.3 is 11.9 Å². The van der Waals surface area contributed by atoms with E-state index < -0.39 is 24.1 Å². The number of halogens is 2. The second-order valence-electron chi connectivity index (χ2n) is 6.24. The van der Waals surface area contributed by atoms with Gasteiger partial charge in [0.25, 0.3) is 0 Å². The van der Waals surface area contributed by atoms with Gasteiger partial charge < -0.3 is 25.2 Å². The number of carboxylic acid groups (broad SMARTS) is 2. The Kier molecular flexibility index (Phi) is 11.6. The highest BCUT2D eigenvalue weighted by Gasteiger charge is 2.29. The number of rotatable bonds is 8. The summed E-state index contributed by atoms with van der Waals surface area (Å²) in [5.41, 5.74) is 0.874. The van der Waals surface area contributed by atoms with Gasteiger partial charge in [0, 0.05) is 26.1 Å². The van der Waals surface area contributed by atoms with E-state index in [1.807, 2.05) is 6.07 Å². The van der Waals surface area contributed by atoms with Crippen LogP contribution < -0.4 is 0 Å². The molecule has 0 aliphatic carbocycles. The molecule has 1 aromatic rings. The molecule has 166 valence electrons. The van der Waals surface area contributed by atoms with Gasteiger partial charge in [0.2, 0.25) is 0 Å². The Morgan fingerprint density at radius 3 is 2.10 bits per heavy atom. The minimum atomic E-state index is -2.27. The topological polar surface area (TPSA) is 145 Å². The molecule has 0 aromatic heterocycles. The molecule has 1 aromatic carbocycles. The van der Waals surface area contributed by atoms with Gasteiger partial charge in [-0.25, -0.2) is 9.59 Å². The van der Waals surface area contributed by atoms with Crippen molar-refractivity contribution >= 4 is 47.0 Å². The highest BCUT2D eigenvalue weighted by molar-refractivity contribution is 6.42. The minimum Gasteiger partial charge on any atom is -0.479 e. The maximum absolute atomic E-state index is 11.8. The van der Waals surface area contributed by atoms with Gasteiger partial charge in [-0.2, -0.15) is 0 Å². The fraction of sp³-hybridized carbons (Fsp3) is 0.421. The minimum absolute atomic E-state index is 0.113. The van der Waals surface area contributed by atoms with E-state index in [2.05, 4.69) is 4.90 Å². The number of nitrogens with zero attached hydrogens (tertiary/aromatic N) is 1. The number of ketones is 1. The molecule has 0 saturated carbocycles. The highest BCUT2D eigenvalue weighted by atomic mass is 35.5. The molecule has 0 amide bonds. The van der Waals surface area contributed by atoms with Crippen LogP contribution in [-0.2, 0) is 19.1 Å². The summed E-state index contributed by atoms with van der Waals surface area (Å²) >= 11 is 11.8. The van der Waals surface area contributed by atoms with Gasteiger partial charge in [-0.05, 0) is 23.8 Å². The van der Waals surface area contributed by atoms with Crippen LogP contribution in [-0.4, -0.2) is 88.1 Å². The monoisotopic (exact) mass is 463 g/mol. The van der Waals surface area contributed by atoms with Crippen molar-refractivity contribution in [1.29, 1.82) is 0 Å². The predicted molar refractivity (Wildman–Crippen MR) is 110 cm³/mol. The molecule has 30 heavy (non-hydrogen) atoms. The summed E-state index contributed by atoms with van der Waals surface area (Å²) in [5.74, 6) is -3.42. The molecule has 2 atom stereocenters. The molecule has 0 radical (unpaired) electrons. The van der Waals surface area contributed by atoms with Gasteiger partial charge in [0.15, 0.2) is 18.0 Å². The van der Waals surface area contributed by atoms with Gasteiger partial charge in [-0.3, -0.25) is 9.69 Å². The third kappa shape index (κ3) is 9.66. The molecule has 1 aliphatic heterocycles. The van der Waals surface area contributed by atoms with E-state index in [9.17, 15) is 14.4 Å². The first-order valence-electron chi connectivity index (χ1n) is 8.89. The molecule has 2 rings (SSSR count). The van der Waals surface area contributed by atoms with E-state index in [0.717, 1.165) is 38.4 Å². The number of carbonyl (C=O) groups excluding carboxylic acids is 1. The normalized spacial score (nSPS) is 16.4. The number of hydrogen-bond donors (Lipinski definition) is 4. The van der Waals surface area contributed by atoms with E-state index in [1.165, 1.54) is 0 Å². The van der Waals surface area contributed by atoms with Crippen LogP contribution in [0.4, 0.5) is 0 Å². The number of carbonyl (C=O) groups is 3. The molecule has 1 fully saturated rings. The standard InChI is InChI=1S/C15H17Cl2NO2.C4H6O6/c16-14-4-2-12(11-15(14)17)1-3-13(19)5-6-18-7-9-20-10-8-18;5-1(3(7)8)2(6)4(9)10/h1-4,11H,5-10H2;1-2,5-6H,(H,7,8)(H,9,10). The quantitative estimate of drug-likeness (QED) is 0.417. The first kappa shape index (κ1) is 26.0. The van der Waals surface area contributed by atoms with Crippen molar-refractivity contribution < 1.29 is 39.5 Å². The number of ether oxygens (including phenoxy) is 1. The van der Waals surface area contributed by atoms with Crippen LogP contribution in [0.2, 0.25) is 10.0 Å². The lowest BCUT2D eigenvalue weighted by Gasteiger charge is -2.25. The Morgan fingerprint density at radius 1 is 1.03 bits per heavy atom. The molecule has 1 heterocycles. The van der Waals surface area contributed by atoms with Crippen molar-refractivity contribution in [3.8, 4) is 0 Å². The van der Waals surface area contributed by atoms with Crippen LogP contribution in [0.5, 0.6) is 0 Å². The summed E-state index contributed by atoms with van der Waals surface area (Å²) in [5, 5.41) is 33.5. The van der Waals surface area contributed by atoms with E-state index in [1.54, 1.807) is 24.3 Å². The summed E-state index contributed by atoms with van der Waals surface area (Å²) in [6.45, 7) is 4.11. The van der Waals surface area contributed by atoms with Crippen LogP contribution in [0.25, 0.3) is 6.08 Å². The summed E-state index contributed by atoms with van der Waals surface area (Å²) in [7, 11) is 0. The number of aliphatic carboxylic acids is 2. The number of benzene rings is 1. The highest BCUT2D eigenvalue weighted by Crippen LogP contribution is 2.23. The summed E-state index contributed by atoms with van der Waals surface area (Å²) < 4.78 is 5.27. The van der Waals surface area contributed by atoms with Crippen LogP contribution >= 0.6 is 23.2 Å². The third-order valence-electron chi connectivity index (χ3n) is 3.99. The van der Waals surface area contributed by atoms with Crippen LogP contribution in [0.15, 0.2) is 24.3 Å². The lowest BCUT2D eigenvalue weighted by atomic mass is 10.1. The fourth-order valence-corrected chi connectivity index (χ4v) is 2.56. The summed E-state index contributed by atoms with van der Waals surface area (Å²) in [4.78, 5) is 33.6. The first-order chi connectivity index (χ1) is 14.1. The Labute approximate surface area is 183 Å². The largest absolute Gasteiger partial charge is 0.479 e. The van der Waals surface area contributed by atoms with Gasteiger partial charge in [0.05, 0.1) is 23.3 Å². The zero-order valence-corrected chi connectivity index (χ0v) is 17.4. The SMILES string of the molecule is O=C(C=Cc1ccc(Cl)c(Cl)c1)CCN1CCOCC1.O=C(O)C(O)C(O)C(=O)O. The van der Waals surface area contributed by atoms with Gasteiger partial charge in [-0.15, -0.1) is 0 Å². The number of aliphatic hydroxyl groups excluding tert-OH is 2. The molecular formula is C19H23Cl2NO8. The number of allylic oxidation sites excluding steroid dienone is 1. The smallest absolute Gasteiger partial charge is 0.335 e.